The number of amides is 1. The molecule has 1 aromatic rings. The van der Waals surface area contributed by atoms with Crippen molar-refractivity contribution in [1.29, 1.82) is 0 Å². The molecule has 1 amide bonds. The Morgan fingerprint density at radius 3 is 2.16 bits per heavy atom. The highest BCUT2D eigenvalue weighted by Gasteiger charge is 2.52. The molecule has 3 aliphatic rings. The molecule has 0 aromatic heterocycles. The summed E-state index contributed by atoms with van der Waals surface area (Å²) in [4.78, 5) is 28.6. The molecule has 1 aromatic carbocycles. The van der Waals surface area contributed by atoms with Gasteiger partial charge in [0.05, 0.1) is 0 Å². The number of halogens is 1. The van der Waals surface area contributed by atoms with E-state index in [-0.39, 0.29) is 23.7 Å². The van der Waals surface area contributed by atoms with Gasteiger partial charge in [0.1, 0.15) is 0 Å². The van der Waals surface area contributed by atoms with Crippen LogP contribution in [0.3, 0.4) is 0 Å². The fourth-order valence-electron chi connectivity index (χ4n) is 5.03. The molecule has 0 unspecified atom stereocenters. The summed E-state index contributed by atoms with van der Waals surface area (Å²) in [5.41, 5.74) is 1.10. The second-order valence-electron chi connectivity index (χ2n) is 7.49. The van der Waals surface area contributed by atoms with Crippen molar-refractivity contribution in [2.75, 3.05) is 31.1 Å². The Morgan fingerprint density at radius 2 is 1.56 bits per heavy atom. The fraction of sp³-hybridized carbons (Fsp3) is 0.579. The Morgan fingerprint density at radius 1 is 0.960 bits per heavy atom. The summed E-state index contributed by atoms with van der Waals surface area (Å²) < 4.78 is 0. The minimum Gasteiger partial charge on any atom is -0.550 e. The zero-order valence-corrected chi connectivity index (χ0v) is 14.8. The molecular weight excluding hydrogens is 340 g/mol. The molecule has 25 heavy (non-hydrogen) atoms. The lowest BCUT2D eigenvalue weighted by Crippen LogP contribution is -2.53. The summed E-state index contributed by atoms with van der Waals surface area (Å²) in [7, 11) is 0. The van der Waals surface area contributed by atoms with Gasteiger partial charge >= 0.3 is 0 Å². The molecule has 2 bridgehead atoms. The molecule has 0 radical (unpaired) electrons. The molecule has 4 atom stereocenters. The van der Waals surface area contributed by atoms with Crippen LogP contribution in [0.25, 0.3) is 0 Å². The van der Waals surface area contributed by atoms with Gasteiger partial charge in [0.25, 0.3) is 0 Å². The second-order valence-corrected chi connectivity index (χ2v) is 7.93. The minimum absolute atomic E-state index is 0.0251. The smallest absolute Gasteiger partial charge is 0.226 e. The number of piperazine rings is 1. The van der Waals surface area contributed by atoms with Gasteiger partial charge in [-0.25, -0.2) is 0 Å². The highest BCUT2D eigenvalue weighted by atomic mass is 35.5. The first kappa shape index (κ1) is 16.7. The number of carboxylic acid groups (broad SMARTS) is 1. The summed E-state index contributed by atoms with van der Waals surface area (Å²) in [6, 6.07) is 7.71. The molecule has 1 aliphatic heterocycles. The Balaban J connectivity index is 1.41. The van der Waals surface area contributed by atoms with Crippen molar-refractivity contribution < 1.29 is 14.7 Å². The van der Waals surface area contributed by atoms with Gasteiger partial charge in [0.2, 0.25) is 5.91 Å². The van der Waals surface area contributed by atoms with Crippen LogP contribution in [0.2, 0.25) is 5.02 Å². The van der Waals surface area contributed by atoms with Gasteiger partial charge in [0, 0.05) is 54.7 Å². The van der Waals surface area contributed by atoms with E-state index in [9.17, 15) is 14.7 Å². The number of carboxylic acids is 1. The SMILES string of the molecule is O=C([O-])[C@H]1[C@@H]2CC[C@H](C2)[C@@H]1C(=O)N1CCN(c2ccc(Cl)cc2)CC1. The molecule has 3 fully saturated rings. The van der Waals surface area contributed by atoms with Crippen molar-refractivity contribution in [2.24, 2.45) is 23.7 Å². The maximum absolute atomic E-state index is 13.0. The highest BCUT2D eigenvalue weighted by Crippen LogP contribution is 2.52. The Hall–Kier alpha value is -1.75. The highest BCUT2D eigenvalue weighted by molar-refractivity contribution is 6.30. The Labute approximate surface area is 152 Å². The number of anilines is 1. The van der Waals surface area contributed by atoms with Crippen molar-refractivity contribution in [2.45, 2.75) is 19.3 Å². The maximum Gasteiger partial charge on any atom is 0.226 e. The third kappa shape index (κ3) is 2.99. The number of carbonyl (C=O) groups is 2. The standard InChI is InChI=1S/C19H23ClN2O3/c20-14-3-5-15(6-4-14)21-7-9-22(10-8-21)18(23)16-12-1-2-13(11-12)17(16)19(24)25/h3-6,12-13,16-17H,1-2,7-11H2,(H,24,25)/p-1/t12-,13-,16+,17+/m1/s1. The monoisotopic (exact) mass is 361 g/mol. The average Bonchev–Trinajstić information content (AvgIpc) is 3.23. The van der Waals surface area contributed by atoms with Crippen LogP contribution in [0, 0.1) is 23.7 Å². The van der Waals surface area contributed by atoms with Gasteiger partial charge < -0.3 is 19.7 Å². The van der Waals surface area contributed by atoms with E-state index >= 15 is 0 Å². The van der Waals surface area contributed by atoms with Gasteiger partial charge in [-0.3, -0.25) is 4.79 Å². The van der Waals surface area contributed by atoms with Gasteiger partial charge in [-0.15, -0.1) is 0 Å². The zero-order valence-electron chi connectivity index (χ0n) is 14.1. The number of hydrogen-bond acceptors (Lipinski definition) is 4. The van der Waals surface area contributed by atoms with E-state index in [1.54, 1.807) is 0 Å². The lowest BCUT2D eigenvalue weighted by molar-refractivity contribution is -0.314. The molecule has 0 N–H and O–H groups in total. The predicted octanol–water partition coefficient (Wildman–Crippen LogP) is 1.40. The van der Waals surface area contributed by atoms with Crippen LogP contribution >= 0.6 is 11.6 Å². The molecular formula is C19H22ClN2O3-. The lowest BCUT2D eigenvalue weighted by Gasteiger charge is -2.40. The first-order valence-electron chi connectivity index (χ1n) is 9.05. The number of nitrogens with zero attached hydrogens (tertiary/aromatic N) is 2. The zero-order chi connectivity index (χ0) is 17.6. The fourth-order valence-corrected chi connectivity index (χ4v) is 5.16. The normalized spacial score (nSPS) is 31.4. The molecule has 1 heterocycles. The topological polar surface area (TPSA) is 63.7 Å². The van der Waals surface area contributed by atoms with Crippen LogP contribution in [0.4, 0.5) is 5.69 Å². The van der Waals surface area contributed by atoms with Gasteiger partial charge in [-0.1, -0.05) is 11.6 Å². The summed E-state index contributed by atoms with van der Waals surface area (Å²) in [6.07, 6.45) is 2.78. The average molecular weight is 362 g/mol. The summed E-state index contributed by atoms with van der Waals surface area (Å²) in [5, 5.41) is 12.3. The first-order chi connectivity index (χ1) is 12.0. The molecule has 2 saturated carbocycles. The summed E-state index contributed by atoms with van der Waals surface area (Å²) >= 11 is 5.93. The van der Waals surface area contributed by atoms with Crippen LogP contribution in [0.1, 0.15) is 19.3 Å². The Kier molecular flexibility index (Phi) is 4.36. The molecule has 0 spiro atoms. The maximum atomic E-state index is 13.0. The van der Waals surface area contributed by atoms with E-state index in [0.29, 0.717) is 18.1 Å². The van der Waals surface area contributed by atoms with Crippen LogP contribution < -0.4 is 10.0 Å². The third-order valence-electron chi connectivity index (χ3n) is 6.26. The van der Waals surface area contributed by atoms with E-state index in [0.717, 1.165) is 38.0 Å². The number of hydrogen-bond donors (Lipinski definition) is 0. The van der Waals surface area contributed by atoms with E-state index < -0.39 is 11.9 Å². The number of benzene rings is 1. The lowest BCUT2D eigenvalue weighted by atomic mass is 9.78. The van der Waals surface area contributed by atoms with Crippen LogP contribution in [0.15, 0.2) is 24.3 Å². The number of carbonyl (C=O) groups excluding carboxylic acids is 2. The van der Waals surface area contributed by atoms with Gasteiger partial charge in [-0.2, -0.15) is 0 Å². The van der Waals surface area contributed by atoms with Crippen molar-refractivity contribution in [3.8, 4) is 0 Å². The van der Waals surface area contributed by atoms with E-state index in [4.69, 9.17) is 11.6 Å². The number of rotatable bonds is 3. The van der Waals surface area contributed by atoms with Gasteiger partial charge in [0.15, 0.2) is 0 Å². The predicted molar refractivity (Wildman–Crippen MR) is 93.1 cm³/mol. The molecule has 4 rings (SSSR count). The van der Waals surface area contributed by atoms with Crippen LogP contribution in [-0.4, -0.2) is 43.0 Å². The molecule has 6 heteroatoms. The van der Waals surface area contributed by atoms with Crippen LogP contribution in [-0.2, 0) is 9.59 Å². The number of fused-ring (bicyclic) bond motifs is 2. The van der Waals surface area contributed by atoms with E-state index in [1.807, 2.05) is 29.2 Å². The molecule has 134 valence electrons. The molecule has 2 aliphatic carbocycles. The van der Waals surface area contributed by atoms with Crippen molar-refractivity contribution in [3.05, 3.63) is 29.3 Å². The largest absolute Gasteiger partial charge is 0.550 e. The van der Waals surface area contributed by atoms with Crippen molar-refractivity contribution >= 4 is 29.2 Å². The van der Waals surface area contributed by atoms with Crippen molar-refractivity contribution in [1.82, 2.24) is 4.90 Å². The third-order valence-corrected chi connectivity index (χ3v) is 6.51. The van der Waals surface area contributed by atoms with E-state index in [2.05, 4.69) is 4.90 Å². The molecule has 5 nitrogen and oxygen atoms in total. The number of aliphatic carboxylic acids is 1. The molecule has 1 saturated heterocycles. The second kappa shape index (κ2) is 6.52. The summed E-state index contributed by atoms with van der Waals surface area (Å²) in [5.74, 6) is -1.59. The van der Waals surface area contributed by atoms with Gasteiger partial charge in [-0.05, 0) is 55.4 Å². The van der Waals surface area contributed by atoms with E-state index in [1.165, 1.54) is 0 Å². The van der Waals surface area contributed by atoms with Crippen LogP contribution in [0.5, 0.6) is 0 Å². The Bertz CT molecular complexity index is 670. The van der Waals surface area contributed by atoms with Crippen molar-refractivity contribution in [3.63, 3.8) is 0 Å². The summed E-state index contributed by atoms with van der Waals surface area (Å²) in [6.45, 7) is 2.78. The minimum atomic E-state index is -1.04. The quantitative estimate of drug-likeness (QED) is 0.816. The first-order valence-corrected chi connectivity index (χ1v) is 9.42.